The summed E-state index contributed by atoms with van der Waals surface area (Å²) in [5.41, 5.74) is 0.312. The maximum atomic E-state index is 13.7. The lowest BCUT2D eigenvalue weighted by atomic mass is 9.99. The molecule has 0 aliphatic carbocycles. The van der Waals surface area contributed by atoms with E-state index in [-0.39, 0.29) is 17.9 Å². The van der Waals surface area contributed by atoms with Gasteiger partial charge in [-0.1, -0.05) is 6.07 Å². The number of carbonyl (C=O) groups is 1. The predicted molar refractivity (Wildman–Crippen MR) is 91.8 cm³/mol. The maximum absolute atomic E-state index is 13.7. The highest BCUT2D eigenvalue weighted by atomic mass is 32.1. The molecule has 0 fully saturated rings. The van der Waals surface area contributed by atoms with Gasteiger partial charge in [0.05, 0.1) is 5.56 Å². The van der Waals surface area contributed by atoms with Crippen molar-refractivity contribution < 1.29 is 18.3 Å². The van der Waals surface area contributed by atoms with Crippen molar-refractivity contribution in [3.8, 4) is 15.5 Å². The van der Waals surface area contributed by atoms with Gasteiger partial charge in [-0.2, -0.15) is 0 Å². The highest BCUT2D eigenvalue weighted by Gasteiger charge is 2.27. The summed E-state index contributed by atoms with van der Waals surface area (Å²) in [5, 5.41) is 2.01. The first-order valence-electron chi connectivity index (χ1n) is 7.12. The van der Waals surface area contributed by atoms with Crippen molar-refractivity contribution in [3.63, 3.8) is 0 Å². The van der Waals surface area contributed by atoms with E-state index >= 15 is 0 Å². The van der Waals surface area contributed by atoms with E-state index in [2.05, 4.69) is 0 Å². The van der Waals surface area contributed by atoms with Crippen LogP contribution in [0.4, 0.5) is 8.78 Å². The second kappa shape index (κ2) is 5.96. The van der Waals surface area contributed by atoms with E-state index in [1.807, 2.05) is 29.6 Å². The first-order chi connectivity index (χ1) is 11.6. The number of hydrogen-bond acceptors (Lipinski definition) is 4. The Morgan fingerprint density at radius 3 is 2.79 bits per heavy atom. The lowest BCUT2D eigenvalue weighted by Crippen LogP contribution is -2.20. The van der Waals surface area contributed by atoms with Crippen molar-refractivity contribution in [2.75, 3.05) is 6.61 Å². The quantitative estimate of drug-likeness (QED) is 0.571. The van der Waals surface area contributed by atoms with Gasteiger partial charge >= 0.3 is 0 Å². The first-order valence-corrected chi connectivity index (χ1v) is 8.82. The lowest BCUT2D eigenvalue weighted by Gasteiger charge is -2.19. The average Bonchev–Trinajstić information content (AvgIpc) is 3.21. The largest absolute Gasteiger partial charge is 0.485 e. The number of rotatable bonds is 2. The van der Waals surface area contributed by atoms with Crippen molar-refractivity contribution in [1.82, 2.24) is 0 Å². The minimum atomic E-state index is -0.853. The van der Waals surface area contributed by atoms with Crippen LogP contribution in [0.3, 0.4) is 0 Å². The van der Waals surface area contributed by atoms with Gasteiger partial charge < -0.3 is 4.74 Å². The van der Waals surface area contributed by atoms with Crippen LogP contribution >= 0.6 is 22.7 Å². The van der Waals surface area contributed by atoms with Crippen LogP contribution in [0, 0.1) is 11.6 Å². The van der Waals surface area contributed by atoms with Gasteiger partial charge in [0, 0.05) is 26.3 Å². The maximum Gasteiger partial charge on any atom is 0.196 e. The summed E-state index contributed by atoms with van der Waals surface area (Å²) in [6.07, 6.45) is 1.72. The third-order valence-electron chi connectivity index (χ3n) is 3.62. The molecule has 0 atom stereocenters. The summed E-state index contributed by atoms with van der Waals surface area (Å²) < 4.78 is 32.4. The van der Waals surface area contributed by atoms with Gasteiger partial charge in [0.15, 0.2) is 17.3 Å². The van der Waals surface area contributed by atoms with Crippen LogP contribution in [-0.4, -0.2) is 12.4 Å². The summed E-state index contributed by atoms with van der Waals surface area (Å²) >= 11 is 3.20. The second-order valence-electron chi connectivity index (χ2n) is 5.23. The number of fused-ring (bicyclic) bond motifs is 1. The summed E-state index contributed by atoms with van der Waals surface area (Å²) in [6.45, 7) is -0.0272. The van der Waals surface area contributed by atoms with Gasteiger partial charge in [-0.05, 0) is 35.7 Å². The number of thiophene rings is 2. The molecule has 24 heavy (non-hydrogen) atoms. The highest BCUT2D eigenvalue weighted by Crippen LogP contribution is 2.35. The minimum absolute atomic E-state index is 0.0272. The zero-order chi connectivity index (χ0) is 16.7. The summed E-state index contributed by atoms with van der Waals surface area (Å²) in [4.78, 5) is 15.6. The Bertz CT molecular complexity index is 956. The van der Waals surface area contributed by atoms with Crippen molar-refractivity contribution >= 4 is 34.5 Å². The molecule has 0 amide bonds. The molecular formula is C18H10F2O2S2. The van der Waals surface area contributed by atoms with Crippen molar-refractivity contribution in [1.29, 1.82) is 0 Å². The average molecular weight is 360 g/mol. The van der Waals surface area contributed by atoms with E-state index < -0.39 is 17.4 Å². The fraction of sp³-hybridized carbons (Fsp3) is 0.0556. The number of ether oxygens (including phenoxy) is 1. The standard InChI is InChI=1S/C18H10F2O2S2/c19-11-7-13-17(21)10(9-22-18(13)14(20)8-11)6-12-3-4-16(24-12)15-2-1-5-23-15/h1-8H,9H2. The zero-order valence-corrected chi connectivity index (χ0v) is 13.8. The van der Waals surface area contributed by atoms with E-state index in [0.29, 0.717) is 11.6 Å². The molecule has 1 aliphatic heterocycles. The van der Waals surface area contributed by atoms with Gasteiger partial charge in [-0.25, -0.2) is 8.78 Å². The molecule has 1 aromatic carbocycles. The van der Waals surface area contributed by atoms with Crippen molar-refractivity contribution in [2.24, 2.45) is 0 Å². The molecule has 4 rings (SSSR count). The number of ketones is 1. The van der Waals surface area contributed by atoms with Crippen LogP contribution < -0.4 is 4.74 Å². The molecule has 3 heterocycles. The number of hydrogen-bond donors (Lipinski definition) is 0. The van der Waals surface area contributed by atoms with Crippen LogP contribution in [0.25, 0.3) is 15.8 Å². The lowest BCUT2D eigenvalue weighted by molar-refractivity contribution is 0.0997. The fourth-order valence-electron chi connectivity index (χ4n) is 2.52. The monoisotopic (exact) mass is 360 g/mol. The SMILES string of the molecule is O=C1C(=Cc2ccc(-c3cccs3)s2)COc2c(F)cc(F)cc21. The molecule has 2 aromatic heterocycles. The molecule has 3 aromatic rings. The number of Topliss-reactive ketones (excluding diaryl/α,β-unsaturated/α-hetero) is 1. The third kappa shape index (κ3) is 2.68. The molecule has 120 valence electrons. The Morgan fingerprint density at radius 2 is 2.00 bits per heavy atom. The van der Waals surface area contributed by atoms with Gasteiger partial charge in [0.25, 0.3) is 0 Å². The Labute approximate surface area is 144 Å². The minimum Gasteiger partial charge on any atom is -0.485 e. The molecule has 2 nitrogen and oxygen atoms in total. The molecule has 6 heteroatoms. The Balaban J connectivity index is 1.68. The topological polar surface area (TPSA) is 26.3 Å². The molecule has 0 spiro atoms. The van der Waals surface area contributed by atoms with Gasteiger partial charge in [0.2, 0.25) is 0 Å². The predicted octanol–water partition coefficient (Wildman–Crippen LogP) is 5.41. The smallest absolute Gasteiger partial charge is 0.196 e. The normalized spacial score (nSPS) is 15.4. The molecule has 0 N–H and O–H groups in total. The second-order valence-corrected chi connectivity index (χ2v) is 7.29. The Morgan fingerprint density at radius 1 is 1.12 bits per heavy atom. The molecule has 0 unspecified atom stereocenters. The number of benzene rings is 1. The Hall–Kier alpha value is -2.31. The fourth-order valence-corrected chi connectivity index (χ4v) is 4.34. The first kappa shape index (κ1) is 15.2. The van der Waals surface area contributed by atoms with Gasteiger partial charge in [0.1, 0.15) is 12.4 Å². The van der Waals surface area contributed by atoms with E-state index in [1.165, 1.54) is 0 Å². The van der Waals surface area contributed by atoms with Crippen molar-refractivity contribution in [2.45, 2.75) is 0 Å². The molecule has 0 saturated carbocycles. The molecule has 0 radical (unpaired) electrons. The number of halogens is 2. The number of carbonyl (C=O) groups excluding carboxylic acids is 1. The van der Waals surface area contributed by atoms with Gasteiger partial charge in [-0.15, -0.1) is 22.7 Å². The summed E-state index contributed by atoms with van der Waals surface area (Å²) in [6, 6.07) is 9.65. The van der Waals surface area contributed by atoms with E-state index in [0.717, 1.165) is 20.7 Å². The third-order valence-corrected chi connectivity index (χ3v) is 5.72. The molecule has 0 saturated heterocycles. The summed E-state index contributed by atoms with van der Waals surface area (Å²) in [5.74, 6) is -2.22. The van der Waals surface area contributed by atoms with Crippen LogP contribution in [-0.2, 0) is 0 Å². The molecule has 1 aliphatic rings. The zero-order valence-electron chi connectivity index (χ0n) is 12.2. The highest BCUT2D eigenvalue weighted by molar-refractivity contribution is 7.21. The van der Waals surface area contributed by atoms with E-state index in [9.17, 15) is 13.6 Å². The summed E-state index contributed by atoms with van der Waals surface area (Å²) in [7, 11) is 0. The Kier molecular flexibility index (Phi) is 3.78. The van der Waals surface area contributed by atoms with Crippen molar-refractivity contribution in [3.05, 3.63) is 69.4 Å². The van der Waals surface area contributed by atoms with Crippen LogP contribution in [0.2, 0.25) is 0 Å². The van der Waals surface area contributed by atoms with E-state index in [1.54, 1.807) is 28.7 Å². The van der Waals surface area contributed by atoms with Crippen LogP contribution in [0.1, 0.15) is 15.2 Å². The molecule has 0 bridgehead atoms. The van der Waals surface area contributed by atoms with E-state index in [4.69, 9.17) is 4.74 Å². The van der Waals surface area contributed by atoms with Crippen LogP contribution in [0.5, 0.6) is 5.75 Å². The van der Waals surface area contributed by atoms with Crippen LogP contribution in [0.15, 0.2) is 47.4 Å². The van der Waals surface area contributed by atoms with Gasteiger partial charge in [-0.3, -0.25) is 4.79 Å². The molecular weight excluding hydrogens is 350 g/mol.